The summed E-state index contributed by atoms with van der Waals surface area (Å²) in [6, 6.07) is 6.43. The summed E-state index contributed by atoms with van der Waals surface area (Å²) in [5.74, 6) is 0. The van der Waals surface area contributed by atoms with E-state index in [0.29, 0.717) is 0 Å². The topological polar surface area (TPSA) is 44.0 Å². The van der Waals surface area contributed by atoms with Gasteiger partial charge in [0.15, 0.2) is 0 Å². The average molecular weight is 232 g/mol. The number of likely N-dealkylation sites (N-methyl/N-ethyl adjacent to an activating group) is 2. The van der Waals surface area contributed by atoms with Crippen molar-refractivity contribution in [2.24, 2.45) is 0 Å². The first-order valence-electron chi connectivity index (χ1n) is 6.05. The molecule has 2 rings (SSSR count). The zero-order valence-electron chi connectivity index (χ0n) is 10.5. The predicted octanol–water partition coefficient (Wildman–Crippen LogP) is 1.26. The van der Waals surface area contributed by atoms with Crippen LogP contribution in [0.3, 0.4) is 0 Å². The van der Waals surface area contributed by atoms with Crippen LogP contribution in [-0.4, -0.2) is 48.6 Å². The molecule has 1 heterocycles. The fraction of sp³-hybridized carbons (Fsp3) is 0.462. The lowest BCUT2D eigenvalue weighted by molar-refractivity contribution is 0.339. The van der Waals surface area contributed by atoms with E-state index in [0.717, 1.165) is 37.1 Å². The van der Waals surface area contributed by atoms with Crippen LogP contribution < -0.4 is 5.32 Å². The summed E-state index contributed by atoms with van der Waals surface area (Å²) in [5, 5.41) is 3.16. The maximum absolute atomic E-state index is 4.22. The van der Waals surface area contributed by atoms with E-state index in [1.54, 1.807) is 6.33 Å². The number of benzene rings is 1. The number of nitrogens with one attached hydrogen (secondary N) is 2. The Morgan fingerprint density at radius 2 is 2.24 bits per heavy atom. The third kappa shape index (κ3) is 3.28. The molecule has 0 unspecified atom stereocenters. The summed E-state index contributed by atoms with van der Waals surface area (Å²) in [6.07, 6.45) is 2.82. The highest BCUT2D eigenvalue weighted by molar-refractivity contribution is 5.74. The third-order valence-electron chi connectivity index (χ3n) is 3.01. The van der Waals surface area contributed by atoms with Crippen molar-refractivity contribution in [2.75, 3.05) is 33.7 Å². The van der Waals surface area contributed by atoms with Crippen molar-refractivity contribution in [2.45, 2.75) is 6.42 Å². The van der Waals surface area contributed by atoms with Gasteiger partial charge in [-0.1, -0.05) is 6.07 Å². The smallest absolute Gasteiger partial charge is 0.0931 e. The van der Waals surface area contributed by atoms with E-state index < -0.39 is 0 Å². The molecule has 0 aliphatic carbocycles. The highest BCUT2D eigenvalue weighted by Gasteiger charge is 2.01. The lowest BCUT2D eigenvalue weighted by Gasteiger charge is -2.16. The SMILES string of the molecule is CNCCN(C)CCc1ccc2nc[nH]c2c1. The molecule has 4 nitrogen and oxygen atoms in total. The molecule has 0 amide bonds. The Bertz CT molecular complexity index is 463. The molecule has 4 heteroatoms. The quantitative estimate of drug-likeness (QED) is 0.788. The van der Waals surface area contributed by atoms with Crippen LogP contribution in [0.4, 0.5) is 0 Å². The minimum absolute atomic E-state index is 1.04. The maximum atomic E-state index is 4.22. The van der Waals surface area contributed by atoms with Crippen LogP contribution in [0.2, 0.25) is 0 Å². The summed E-state index contributed by atoms with van der Waals surface area (Å²) < 4.78 is 0. The highest BCUT2D eigenvalue weighted by Crippen LogP contribution is 2.12. The van der Waals surface area contributed by atoms with E-state index in [-0.39, 0.29) is 0 Å². The molecule has 0 spiro atoms. The number of aromatic amines is 1. The van der Waals surface area contributed by atoms with Crippen molar-refractivity contribution in [3.05, 3.63) is 30.1 Å². The van der Waals surface area contributed by atoms with Crippen LogP contribution >= 0.6 is 0 Å². The Hall–Kier alpha value is -1.39. The van der Waals surface area contributed by atoms with Crippen LogP contribution in [0.25, 0.3) is 11.0 Å². The molecule has 0 aliphatic heterocycles. The fourth-order valence-electron chi connectivity index (χ4n) is 1.87. The Kier molecular flexibility index (Phi) is 4.12. The van der Waals surface area contributed by atoms with Crippen molar-refractivity contribution in [3.8, 4) is 0 Å². The molecule has 2 aromatic rings. The summed E-state index contributed by atoms with van der Waals surface area (Å²) >= 11 is 0. The minimum atomic E-state index is 1.04. The molecule has 92 valence electrons. The molecule has 17 heavy (non-hydrogen) atoms. The van der Waals surface area contributed by atoms with Crippen LogP contribution in [0.15, 0.2) is 24.5 Å². The van der Waals surface area contributed by atoms with E-state index in [2.05, 4.69) is 45.4 Å². The van der Waals surface area contributed by atoms with Gasteiger partial charge in [-0.25, -0.2) is 4.98 Å². The number of hydrogen-bond donors (Lipinski definition) is 2. The van der Waals surface area contributed by atoms with Gasteiger partial charge in [0.2, 0.25) is 0 Å². The Labute approximate surface area is 102 Å². The molecule has 0 radical (unpaired) electrons. The van der Waals surface area contributed by atoms with Gasteiger partial charge in [-0.05, 0) is 38.2 Å². The minimum Gasteiger partial charge on any atom is -0.345 e. The summed E-state index contributed by atoms with van der Waals surface area (Å²) in [4.78, 5) is 9.71. The molecule has 0 saturated carbocycles. The van der Waals surface area contributed by atoms with Crippen LogP contribution in [0, 0.1) is 0 Å². The van der Waals surface area contributed by atoms with Gasteiger partial charge in [0.05, 0.1) is 17.4 Å². The molecule has 0 aliphatic rings. The molecule has 0 fully saturated rings. The Morgan fingerprint density at radius 1 is 1.35 bits per heavy atom. The fourth-order valence-corrected chi connectivity index (χ4v) is 1.87. The molecule has 1 aromatic heterocycles. The molecular weight excluding hydrogens is 212 g/mol. The summed E-state index contributed by atoms with van der Waals surface area (Å²) in [6.45, 7) is 3.21. The van der Waals surface area contributed by atoms with Crippen LogP contribution in [0.1, 0.15) is 5.56 Å². The summed E-state index contributed by atoms with van der Waals surface area (Å²) in [5.41, 5.74) is 3.52. The van der Waals surface area contributed by atoms with E-state index >= 15 is 0 Å². The molecule has 0 atom stereocenters. The Morgan fingerprint density at radius 3 is 3.06 bits per heavy atom. The monoisotopic (exact) mass is 232 g/mol. The van der Waals surface area contributed by atoms with E-state index in [1.165, 1.54) is 5.56 Å². The van der Waals surface area contributed by atoms with E-state index in [9.17, 15) is 0 Å². The first-order chi connectivity index (χ1) is 8.29. The van der Waals surface area contributed by atoms with Gasteiger partial charge in [-0.15, -0.1) is 0 Å². The van der Waals surface area contributed by atoms with Gasteiger partial charge < -0.3 is 15.2 Å². The zero-order valence-corrected chi connectivity index (χ0v) is 10.5. The molecular formula is C13H20N4. The van der Waals surface area contributed by atoms with Gasteiger partial charge in [0.25, 0.3) is 0 Å². The first-order valence-corrected chi connectivity index (χ1v) is 6.05. The van der Waals surface area contributed by atoms with Crippen LogP contribution in [-0.2, 0) is 6.42 Å². The number of hydrogen-bond acceptors (Lipinski definition) is 3. The lowest BCUT2D eigenvalue weighted by Crippen LogP contribution is -2.29. The van der Waals surface area contributed by atoms with Gasteiger partial charge in [0.1, 0.15) is 0 Å². The van der Waals surface area contributed by atoms with Crippen LogP contribution in [0.5, 0.6) is 0 Å². The first kappa shape index (κ1) is 12.1. The summed E-state index contributed by atoms with van der Waals surface area (Å²) in [7, 11) is 4.14. The van der Waals surface area contributed by atoms with Crippen molar-refractivity contribution < 1.29 is 0 Å². The number of nitrogens with zero attached hydrogens (tertiary/aromatic N) is 2. The second-order valence-corrected chi connectivity index (χ2v) is 4.41. The number of rotatable bonds is 6. The van der Waals surface area contributed by atoms with Crippen molar-refractivity contribution in [3.63, 3.8) is 0 Å². The number of H-pyrrole nitrogens is 1. The number of fused-ring (bicyclic) bond motifs is 1. The lowest BCUT2D eigenvalue weighted by atomic mass is 10.1. The molecule has 0 saturated heterocycles. The zero-order chi connectivity index (χ0) is 12.1. The largest absolute Gasteiger partial charge is 0.345 e. The van der Waals surface area contributed by atoms with E-state index in [1.807, 2.05) is 7.05 Å². The second-order valence-electron chi connectivity index (χ2n) is 4.41. The number of imidazole rings is 1. The number of aromatic nitrogens is 2. The third-order valence-corrected chi connectivity index (χ3v) is 3.01. The molecule has 0 bridgehead atoms. The standard InChI is InChI=1S/C13H20N4/c1-14-6-8-17(2)7-5-11-3-4-12-13(9-11)16-10-15-12/h3-4,9-10,14H,5-8H2,1-2H3,(H,15,16). The Balaban J connectivity index is 1.89. The van der Waals surface area contributed by atoms with Gasteiger partial charge in [-0.3, -0.25) is 0 Å². The normalized spacial score (nSPS) is 11.5. The predicted molar refractivity (Wildman–Crippen MR) is 71.2 cm³/mol. The van der Waals surface area contributed by atoms with Crippen molar-refractivity contribution in [1.29, 1.82) is 0 Å². The molecule has 2 N–H and O–H groups in total. The maximum Gasteiger partial charge on any atom is 0.0931 e. The van der Waals surface area contributed by atoms with Gasteiger partial charge in [-0.2, -0.15) is 0 Å². The highest BCUT2D eigenvalue weighted by atomic mass is 15.1. The van der Waals surface area contributed by atoms with E-state index in [4.69, 9.17) is 0 Å². The average Bonchev–Trinajstić information content (AvgIpc) is 2.81. The van der Waals surface area contributed by atoms with Gasteiger partial charge >= 0.3 is 0 Å². The molecule has 1 aromatic carbocycles. The second kappa shape index (κ2) is 5.80. The van der Waals surface area contributed by atoms with Crippen molar-refractivity contribution in [1.82, 2.24) is 20.2 Å². The van der Waals surface area contributed by atoms with Gasteiger partial charge in [0, 0.05) is 19.6 Å². The van der Waals surface area contributed by atoms with Crippen molar-refractivity contribution >= 4 is 11.0 Å².